The summed E-state index contributed by atoms with van der Waals surface area (Å²) < 4.78 is 5.58. The van der Waals surface area contributed by atoms with Crippen LogP contribution in [0.15, 0.2) is 0 Å². The van der Waals surface area contributed by atoms with Crippen molar-refractivity contribution in [2.24, 2.45) is 16.7 Å². The number of hydrogen-bond donors (Lipinski definition) is 1. The van der Waals surface area contributed by atoms with Gasteiger partial charge in [-0.1, -0.05) is 6.42 Å². The van der Waals surface area contributed by atoms with Gasteiger partial charge in [-0.25, -0.2) is 0 Å². The zero-order chi connectivity index (χ0) is 11.9. The molecule has 0 bridgehead atoms. The van der Waals surface area contributed by atoms with Crippen LogP contribution in [-0.4, -0.2) is 50.0 Å². The second-order valence-electron chi connectivity index (χ2n) is 6.54. The van der Waals surface area contributed by atoms with Crippen molar-refractivity contribution in [3.8, 4) is 0 Å². The van der Waals surface area contributed by atoms with Gasteiger partial charge >= 0.3 is 0 Å². The molecule has 1 saturated carbocycles. The largest absolute Gasteiger partial charge is 0.396 e. The molecule has 1 unspecified atom stereocenters. The topological polar surface area (TPSA) is 32.7 Å². The highest BCUT2D eigenvalue weighted by Crippen LogP contribution is 2.61. The van der Waals surface area contributed by atoms with Crippen molar-refractivity contribution in [2.45, 2.75) is 32.1 Å². The summed E-state index contributed by atoms with van der Waals surface area (Å²) in [6.45, 7) is 4.60. The summed E-state index contributed by atoms with van der Waals surface area (Å²) in [7, 11) is 2.23. The zero-order valence-electron chi connectivity index (χ0n) is 11.0. The molecule has 0 radical (unpaired) electrons. The number of ether oxygens (including phenoxy) is 1. The number of nitrogens with zero attached hydrogens (tertiary/aromatic N) is 1. The third-order valence-electron chi connectivity index (χ3n) is 5.79. The van der Waals surface area contributed by atoms with Gasteiger partial charge in [0, 0.05) is 24.0 Å². The van der Waals surface area contributed by atoms with Crippen LogP contribution in [0.1, 0.15) is 32.1 Å². The van der Waals surface area contributed by atoms with Gasteiger partial charge in [0.15, 0.2) is 0 Å². The van der Waals surface area contributed by atoms with Gasteiger partial charge in [-0.15, -0.1) is 0 Å². The molecule has 2 heterocycles. The van der Waals surface area contributed by atoms with Crippen molar-refractivity contribution in [1.82, 2.24) is 4.90 Å². The van der Waals surface area contributed by atoms with Crippen LogP contribution in [0, 0.1) is 16.7 Å². The highest BCUT2D eigenvalue weighted by molar-refractivity contribution is 5.09. The Labute approximate surface area is 104 Å². The minimum Gasteiger partial charge on any atom is -0.396 e. The Balaban J connectivity index is 1.81. The Hall–Kier alpha value is -0.120. The second-order valence-corrected chi connectivity index (χ2v) is 6.54. The maximum Gasteiger partial charge on any atom is 0.0554 e. The van der Waals surface area contributed by atoms with Gasteiger partial charge in [-0.2, -0.15) is 0 Å². The van der Waals surface area contributed by atoms with Crippen molar-refractivity contribution in [3.63, 3.8) is 0 Å². The van der Waals surface area contributed by atoms with Crippen molar-refractivity contribution in [2.75, 3.05) is 40.0 Å². The maximum atomic E-state index is 9.86. The van der Waals surface area contributed by atoms with Crippen LogP contribution in [0.5, 0.6) is 0 Å². The summed E-state index contributed by atoms with van der Waals surface area (Å²) in [5.41, 5.74) is 0.503. The van der Waals surface area contributed by atoms with Crippen molar-refractivity contribution < 1.29 is 9.84 Å². The van der Waals surface area contributed by atoms with Crippen molar-refractivity contribution in [3.05, 3.63) is 0 Å². The smallest absolute Gasteiger partial charge is 0.0554 e. The summed E-state index contributed by atoms with van der Waals surface area (Å²) in [5.74, 6) is 0.738. The van der Waals surface area contributed by atoms with E-state index in [0.717, 1.165) is 19.1 Å². The summed E-state index contributed by atoms with van der Waals surface area (Å²) in [6, 6.07) is 0. The summed E-state index contributed by atoms with van der Waals surface area (Å²) in [4.78, 5) is 2.46. The first-order chi connectivity index (χ1) is 8.22. The SMILES string of the molecule is CN1CCCC(C2(C3(CO)CCC3)COC2)C1. The molecule has 1 N–H and O–H groups in total. The molecule has 1 aliphatic carbocycles. The van der Waals surface area contributed by atoms with E-state index in [1.807, 2.05) is 0 Å². The molecule has 3 nitrogen and oxygen atoms in total. The Morgan fingerprint density at radius 3 is 2.47 bits per heavy atom. The molecular formula is C14H25NO2. The molecule has 98 valence electrons. The van der Waals surface area contributed by atoms with Gasteiger partial charge in [-0.3, -0.25) is 0 Å². The number of aliphatic hydroxyl groups is 1. The fourth-order valence-corrected chi connectivity index (χ4v) is 4.33. The lowest BCUT2D eigenvalue weighted by Crippen LogP contribution is -2.65. The maximum absolute atomic E-state index is 9.86. The first kappa shape index (κ1) is 11.9. The monoisotopic (exact) mass is 239 g/mol. The molecule has 3 rings (SSSR count). The molecule has 17 heavy (non-hydrogen) atoms. The number of aliphatic hydroxyl groups excluding tert-OH is 1. The summed E-state index contributed by atoms with van der Waals surface area (Å²) >= 11 is 0. The molecule has 0 amide bonds. The van der Waals surface area contributed by atoms with E-state index in [4.69, 9.17) is 4.74 Å². The highest BCUT2D eigenvalue weighted by atomic mass is 16.5. The highest BCUT2D eigenvalue weighted by Gasteiger charge is 2.61. The lowest BCUT2D eigenvalue weighted by atomic mass is 9.47. The molecule has 0 spiro atoms. The third kappa shape index (κ3) is 1.59. The fraction of sp³-hybridized carbons (Fsp3) is 1.00. The molecule has 0 aromatic carbocycles. The van der Waals surface area contributed by atoms with Crippen LogP contribution in [-0.2, 0) is 4.74 Å². The first-order valence-electron chi connectivity index (χ1n) is 7.10. The fourth-order valence-electron chi connectivity index (χ4n) is 4.33. The van der Waals surface area contributed by atoms with E-state index in [1.54, 1.807) is 0 Å². The van der Waals surface area contributed by atoms with Gasteiger partial charge in [0.25, 0.3) is 0 Å². The van der Waals surface area contributed by atoms with Gasteiger partial charge < -0.3 is 14.7 Å². The van der Waals surface area contributed by atoms with E-state index in [9.17, 15) is 5.11 Å². The molecule has 3 fully saturated rings. The molecule has 3 aliphatic rings. The number of piperidine rings is 1. The lowest BCUT2D eigenvalue weighted by molar-refractivity contribution is -0.256. The molecule has 1 atom stereocenters. The van der Waals surface area contributed by atoms with Crippen LogP contribution in [0.25, 0.3) is 0 Å². The standard InChI is InChI=1S/C14H25NO2/c1-15-7-2-4-12(8-15)14(10-17-11-14)13(9-16)5-3-6-13/h12,16H,2-11H2,1H3. The van der Waals surface area contributed by atoms with E-state index < -0.39 is 0 Å². The Kier molecular flexibility index (Phi) is 2.96. The molecule has 0 aromatic rings. The second kappa shape index (κ2) is 4.22. The summed E-state index contributed by atoms with van der Waals surface area (Å²) in [6.07, 6.45) is 6.37. The average Bonchev–Trinajstić information content (AvgIpc) is 2.20. The predicted octanol–water partition coefficient (Wildman–Crippen LogP) is 1.51. The quantitative estimate of drug-likeness (QED) is 0.810. The van der Waals surface area contributed by atoms with Crippen molar-refractivity contribution >= 4 is 0 Å². The third-order valence-corrected chi connectivity index (χ3v) is 5.79. The van der Waals surface area contributed by atoms with E-state index in [2.05, 4.69) is 11.9 Å². The molecule has 0 aromatic heterocycles. The van der Waals surface area contributed by atoms with Gasteiger partial charge in [0.2, 0.25) is 0 Å². The molecule has 3 heteroatoms. The number of likely N-dealkylation sites (tertiary alicyclic amines) is 1. The van der Waals surface area contributed by atoms with E-state index in [-0.39, 0.29) is 5.41 Å². The van der Waals surface area contributed by atoms with E-state index >= 15 is 0 Å². The molecule has 2 saturated heterocycles. The van der Waals surface area contributed by atoms with E-state index in [0.29, 0.717) is 12.0 Å². The van der Waals surface area contributed by atoms with Crippen LogP contribution in [0.4, 0.5) is 0 Å². The minimum absolute atomic E-state index is 0.202. The van der Waals surface area contributed by atoms with Gasteiger partial charge in [0.05, 0.1) is 13.2 Å². The Morgan fingerprint density at radius 2 is 2.06 bits per heavy atom. The predicted molar refractivity (Wildman–Crippen MR) is 66.8 cm³/mol. The van der Waals surface area contributed by atoms with Crippen molar-refractivity contribution in [1.29, 1.82) is 0 Å². The Morgan fingerprint density at radius 1 is 1.29 bits per heavy atom. The van der Waals surface area contributed by atoms with E-state index in [1.165, 1.54) is 45.2 Å². The van der Waals surface area contributed by atoms with Crippen LogP contribution in [0.2, 0.25) is 0 Å². The van der Waals surface area contributed by atoms with Gasteiger partial charge in [-0.05, 0) is 45.2 Å². The summed E-state index contributed by atoms with van der Waals surface area (Å²) in [5, 5.41) is 9.86. The van der Waals surface area contributed by atoms with Crippen LogP contribution >= 0.6 is 0 Å². The lowest BCUT2D eigenvalue weighted by Gasteiger charge is -2.63. The van der Waals surface area contributed by atoms with Gasteiger partial charge in [0.1, 0.15) is 0 Å². The number of hydrogen-bond acceptors (Lipinski definition) is 3. The Bertz CT molecular complexity index is 278. The first-order valence-corrected chi connectivity index (χ1v) is 7.10. The average molecular weight is 239 g/mol. The zero-order valence-corrected chi connectivity index (χ0v) is 11.0. The molecular weight excluding hydrogens is 214 g/mol. The molecule has 2 aliphatic heterocycles. The normalized spacial score (nSPS) is 36.0. The van der Waals surface area contributed by atoms with Crippen LogP contribution < -0.4 is 0 Å². The van der Waals surface area contributed by atoms with Crippen LogP contribution in [0.3, 0.4) is 0 Å². The number of rotatable bonds is 3. The minimum atomic E-state index is 0.202.